The van der Waals surface area contributed by atoms with Crippen LogP contribution >= 0.6 is 15.9 Å². The minimum absolute atomic E-state index is 0.141. The fourth-order valence-electron chi connectivity index (χ4n) is 3.19. The Morgan fingerprint density at radius 1 is 1.29 bits per heavy atom. The van der Waals surface area contributed by atoms with Crippen LogP contribution < -0.4 is 4.74 Å². The highest BCUT2D eigenvalue weighted by Gasteiger charge is 2.27. The van der Waals surface area contributed by atoms with E-state index in [0.717, 1.165) is 28.2 Å². The topological polar surface area (TPSA) is 91.9 Å². The molecule has 0 atom stereocenters. The van der Waals surface area contributed by atoms with E-state index in [9.17, 15) is 9.59 Å². The number of aromatic carboxylic acids is 1. The number of aromatic nitrogens is 1. The number of hydrogen-bond acceptors (Lipinski definition) is 4. The predicted molar refractivity (Wildman–Crippen MR) is 109 cm³/mol. The maximum Gasteiger partial charge on any atom is 0.410 e. The lowest BCUT2D eigenvalue weighted by Gasteiger charge is -2.33. The molecule has 1 aromatic carbocycles. The molecule has 1 aliphatic heterocycles. The van der Waals surface area contributed by atoms with Crippen molar-refractivity contribution in [2.45, 2.75) is 39.2 Å². The molecule has 2 aromatic rings. The number of aromatic amines is 1. The normalized spacial score (nSPS) is 15.6. The third-order valence-electron chi connectivity index (χ3n) is 4.67. The lowest BCUT2D eigenvalue weighted by Crippen LogP contribution is -2.42. The zero-order valence-corrected chi connectivity index (χ0v) is 17.8. The van der Waals surface area contributed by atoms with Crippen molar-refractivity contribution in [1.82, 2.24) is 9.88 Å². The number of carbonyl (C=O) groups excluding carboxylic acids is 1. The second-order valence-corrected chi connectivity index (χ2v) is 8.84. The van der Waals surface area contributed by atoms with Crippen LogP contribution in [0.15, 0.2) is 22.7 Å². The SMILES string of the molecule is CC(C)(C)OC(=O)N1CCC(COc2ccc3[nH]c(C(=O)O)cc3c2Br)CC1. The van der Waals surface area contributed by atoms with Gasteiger partial charge in [0.2, 0.25) is 0 Å². The van der Waals surface area contributed by atoms with Crippen LogP contribution in [0.1, 0.15) is 44.1 Å². The number of nitrogens with zero attached hydrogens (tertiary/aromatic N) is 1. The van der Waals surface area contributed by atoms with Gasteiger partial charge >= 0.3 is 12.1 Å². The van der Waals surface area contributed by atoms with Gasteiger partial charge in [0.1, 0.15) is 17.0 Å². The van der Waals surface area contributed by atoms with Crippen molar-refractivity contribution in [2.75, 3.05) is 19.7 Å². The molecule has 0 unspecified atom stereocenters. The van der Waals surface area contributed by atoms with Crippen molar-refractivity contribution >= 4 is 38.9 Å². The molecule has 1 amide bonds. The van der Waals surface area contributed by atoms with Gasteiger partial charge in [-0.15, -0.1) is 0 Å². The van der Waals surface area contributed by atoms with Crippen molar-refractivity contribution in [1.29, 1.82) is 0 Å². The number of hydrogen-bond donors (Lipinski definition) is 2. The molecule has 1 saturated heterocycles. The summed E-state index contributed by atoms with van der Waals surface area (Å²) in [6.45, 7) is 7.45. The maximum atomic E-state index is 12.1. The summed E-state index contributed by atoms with van der Waals surface area (Å²) >= 11 is 3.52. The number of likely N-dealkylation sites (tertiary alicyclic amines) is 1. The summed E-state index contributed by atoms with van der Waals surface area (Å²) in [7, 11) is 0. The molecular weight excluding hydrogens is 428 g/mol. The molecule has 0 aliphatic carbocycles. The number of carboxylic acid groups (broad SMARTS) is 1. The van der Waals surface area contributed by atoms with Gasteiger partial charge in [-0.1, -0.05) is 0 Å². The Balaban J connectivity index is 1.56. The number of carbonyl (C=O) groups is 2. The molecule has 2 heterocycles. The average molecular weight is 453 g/mol. The van der Waals surface area contributed by atoms with E-state index in [1.54, 1.807) is 11.0 Å². The van der Waals surface area contributed by atoms with Crippen molar-refractivity contribution in [3.05, 3.63) is 28.4 Å². The smallest absolute Gasteiger partial charge is 0.410 e. The van der Waals surface area contributed by atoms with Gasteiger partial charge in [-0.05, 0) is 73.7 Å². The molecule has 0 radical (unpaired) electrons. The quantitative estimate of drug-likeness (QED) is 0.703. The minimum Gasteiger partial charge on any atom is -0.492 e. The predicted octanol–water partition coefficient (Wildman–Crippen LogP) is 4.65. The van der Waals surface area contributed by atoms with Gasteiger partial charge in [-0.25, -0.2) is 9.59 Å². The zero-order valence-electron chi connectivity index (χ0n) is 16.3. The summed E-state index contributed by atoms with van der Waals surface area (Å²) < 4.78 is 12.1. The van der Waals surface area contributed by atoms with E-state index >= 15 is 0 Å². The monoisotopic (exact) mass is 452 g/mol. The van der Waals surface area contributed by atoms with Crippen LogP contribution in [-0.4, -0.2) is 52.4 Å². The largest absolute Gasteiger partial charge is 0.492 e. The molecule has 1 fully saturated rings. The molecule has 0 saturated carbocycles. The summed E-state index contributed by atoms with van der Waals surface area (Å²) in [5, 5.41) is 9.90. The fraction of sp³-hybridized carbons (Fsp3) is 0.500. The van der Waals surface area contributed by atoms with E-state index in [-0.39, 0.29) is 11.8 Å². The Kier molecular flexibility index (Phi) is 5.88. The second kappa shape index (κ2) is 8.03. The van der Waals surface area contributed by atoms with E-state index in [1.165, 1.54) is 0 Å². The van der Waals surface area contributed by atoms with Crippen molar-refractivity contribution in [3.63, 3.8) is 0 Å². The molecule has 3 rings (SSSR count). The molecule has 28 heavy (non-hydrogen) atoms. The van der Waals surface area contributed by atoms with Gasteiger partial charge in [0.05, 0.1) is 11.1 Å². The summed E-state index contributed by atoms with van der Waals surface area (Å²) in [6.07, 6.45) is 1.44. The molecule has 8 heteroatoms. The Morgan fingerprint density at radius 3 is 2.57 bits per heavy atom. The van der Waals surface area contributed by atoms with E-state index < -0.39 is 11.6 Å². The van der Waals surface area contributed by atoms with Gasteiger partial charge in [0, 0.05) is 24.0 Å². The number of rotatable bonds is 4. The number of piperidine rings is 1. The highest BCUT2D eigenvalue weighted by atomic mass is 79.9. The number of carboxylic acids is 1. The number of halogens is 1. The maximum absolute atomic E-state index is 12.1. The summed E-state index contributed by atoms with van der Waals surface area (Å²) in [5.41, 5.74) is 0.394. The number of benzene rings is 1. The fourth-order valence-corrected chi connectivity index (χ4v) is 3.77. The molecule has 152 valence electrons. The first-order valence-corrected chi connectivity index (χ1v) is 10.1. The standard InChI is InChI=1S/C20H25BrN2O5/c1-20(2,3)28-19(26)23-8-6-12(7-9-23)11-27-16-5-4-14-13(17(16)21)10-15(22-14)18(24)25/h4-5,10,12,22H,6-9,11H2,1-3H3,(H,24,25). The minimum atomic E-state index is -0.998. The van der Waals surface area contributed by atoms with E-state index in [0.29, 0.717) is 31.4 Å². The van der Waals surface area contributed by atoms with Gasteiger partial charge in [0.15, 0.2) is 0 Å². The summed E-state index contributed by atoms with van der Waals surface area (Å²) in [5.74, 6) is 0.0300. The molecule has 0 bridgehead atoms. The van der Waals surface area contributed by atoms with Crippen LogP contribution in [0.4, 0.5) is 4.79 Å². The van der Waals surface area contributed by atoms with Gasteiger partial charge in [0.25, 0.3) is 0 Å². The Hall–Kier alpha value is -2.22. The van der Waals surface area contributed by atoms with Crippen LogP contribution in [0.5, 0.6) is 5.75 Å². The third kappa shape index (κ3) is 4.79. The lowest BCUT2D eigenvalue weighted by molar-refractivity contribution is 0.0164. The van der Waals surface area contributed by atoms with Crippen LogP contribution in [0.3, 0.4) is 0 Å². The Labute approximate surface area is 172 Å². The Morgan fingerprint density at radius 2 is 1.96 bits per heavy atom. The number of fused-ring (bicyclic) bond motifs is 1. The summed E-state index contributed by atoms with van der Waals surface area (Å²) in [4.78, 5) is 27.9. The number of H-pyrrole nitrogens is 1. The van der Waals surface area contributed by atoms with Gasteiger partial charge in [-0.3, -0.25) is 0 Å². The van der Waals surface area contributed by atoms with Gasteiger partial charge < -0.3 is 24.5 Å². The summed E-state index contributed by atoms with van der Waals surface area (Å²) in [6, 6.07) is 5.23. The van der Waals surface area contributed by atoms with Crippen LogP contribution in [0, 0.1) is 5.92 Å². The average Bonchev–Trinajstić information content (AvgIpc) is 3.06. The van der Waals surface area contributed by atoms with Crippen molar-refractivity contribution in [2.24, 2.45) is 5.92 Å². The van der Waals surface area contributed by atoms with Crippen molar-refractivity contribution in [3.8, 4) is 5.75 Å². The first-order chi connectivity index (χ1) is 13.1. The molecule has 7 nitrogen and oxygen atoms in total. The van der Waals surface area contributed by atoms with Crippen LogP contribution in [0.2, 0.25) is 0 Å². The second-order valence-electron chi connectivity index (χ2n) is 8.05. The lowest BCUT2D eigenvalue weighted by atomic mass is 9.98. The zero-order chi connectivity index (χ0) is 20.5. The van der Waals surface area contributed by atoms with Crippen LogP contribution in [0.25, 0.3) is 10.9 Å². The number of ether oxygens (including phenoxy) is 2. The Bertz CT molecular complexity index is 879. The third-order valence-corrected chi connectivity index (χ3v) is 5.49. The number of nitrogens with one attached hydrogen (secondary N) is 1. The highest BCUT2D eigenvalue weighted by molar-refractivity contribution is 9.10. The molecular formula is C20H25BrN2O5. The van der Waals surface area contributed by atoms with E-state index in [1.807, 2.05) is 32.9 Å². The first-order valence-electron chi connectivity index (χ1n) is 9.29. The highest BCUT2D eigenvalue weighted by Crippen LogP contribution is 2.34. The molecule has 2 N–H and O–H groups in total. The van der Waals surface area contributed by atoms with E-state index in [2.05, 4.69) is 20.9 Å². The molecule has 1 aliphatic rings. The first kappa shape index (κ1) is 20.5. The van der Waals surface area contributed by atoms with E-state index in [4.69, 9.17) is 14.6 Å². The van der Waals surface area contributed by atoms with Gasteiger partial charge in [-0.2, -0.15) is 0 Å². The molecule has 1 aromatic heterocycles. The van der Waals surface area contributed by atoms with Crippen LogP contribution in [-0.2, 0) is 4.74 Å². The number of amides is 1. The van der Waals surface area contributed by atoms with Crippen molar-refractivity contribution < 1.29 is 24.2 Å². The molecule has 0 spiro atoms.